The topological polar surface area (TPSA) is 39.2 Å². The van der Waals surface area contributed by atoms with E-state index in [1.165, 1.54) is 6.20 Å². The van der Waals surface area contributed by atoms with Gasteiger partial charge in [-0.1, -0.05) is 18.5 Å². The van der Waals surface area contributed by atoms with Crippen molar-refractivity contribution in [2.24, 2.45) is 0 Å². The Balaban J connectivity index is 2.17. The maximum absolute atomic E-state index is 11.4. The molecule has 0 aliphatic rings. The van der Waals surface area contributed by atoms with Gasteiger partial charge in [0.25, 0.3) is 0 Å². The highest BCUT2D eigenvalue weighted by molar-refractivity contribution is 9.10. The van der Waals surface area contributed by atoms with Crippen molar-refractivity contribution in [3.05, 3.63) is 51.7 Å². The zero-order chi connectivity index (χ0) is 13.8. The van der Waals surface area contributed by atoms with Gasteiger partial charge in [0.05, 0.1) is 10.7 Å². The first-order chi connectivity index (χ1) is 9.10. The molecular formula is C14H11BrClNO2. The number of hydrogen-bond donors (Lipinski definition) is 0. The van der Waals surface area contributed by atoms with Crippen LogP contribution < -0.4 is 4.74 Å². The van der Waals surface area contributed by atoms with Crippen LogP contribution in [0.3, 0.4) is 0 Å². The highest BCUT2D eigenvalue weighted by atomic mass is 79.9. The fourth-order valence-electron chi connectivity index (χ4n) is 1.47. The van der Waals surface area contributed by atoms with Crippen molar-refractivity contribution in [3.8, 4) is 11.5 Å². The van der Waals surface area contributed by atoms with Crippen molar-refractivity contribution in [1.82, 2.24) is 4.98 Å². The van der Waals surface area contributed by atoms with Gasteiger partial charge in [0, 0.05) is 11.4 Å². The van der Waals surface area contributed by atoms with Crippen LogP contribution in [-0.2, 0) is 0 Å². The first-order valence-corrected chi connectivity index (χ1v) is 6.89. The van der Waals surface area contributed by atoms with E-state index in [1.54, 1.807) is 37.3 Å². The minimum atomic E-state index is 0.0132. The maximum atomic E-state index is 11.4. The molecule has 5 heteroatoms. The Hall–Kier alpha value is -1.39. The Morgan fingerprint density at radius 2 is 2.16 bits per heavy atom. The lowest BCUT2D eigenvalue weighted by atomic mass is 10.2. The predicted octanol–water partition coefficient (Wildman–Crippen LogP) is 4.88. The van der Waals surface area contributed by atoms with Crippen LogP contribution in [0.2, 0.25) is 5.02 Å². The van der Waals surface area contributed by atoms with E-state index in [0.29, 0.717) is 28.6 Å². The molecule has 0 saturated heterocycles. The fourth-order valence-corrected chi connectivity index (χ4v) is 2.24. The fraction of sp³-hybridized carbons (Fsp3) is 0.143. The molecule has 0 bridgehead atoms. The first-order valence-electron chi connectivity index (χ1n) is 5.72. The number of ether oxygens (including phenoxy) is 1. The molecule has 0 fully saturated rings. The zero-order valence-corrected chi connectivity index (χ0v) is 12.5. The summed E-state index contributed by atoms with van der Waals surface area (Å²) in [7, 11) is 0. The Morgan fingerprint density at radius 3 is 2.74 bits per heavy atom. The summed E-state index contributed by atoms with van der Waals surface area (Å²) >= 11 is 9.23. The van der Waals surface area contributed by atoms with Gasteiger partial charge in [-0.2, -0.15) is 0 Å². The Morgan fingerprint density at radius 1 is 1.37 bits per heavy atom. The molecule has 19 heavy (non-hydrogen) atoms. The molecule has 1 heterocycles. The summed E-state index contributed by atoms with van der Waals surface area (Å²) in [6, 6.07) is 8.63. The quantitative estimate of drug-likeness (QED) is 0.744. The highest BCUT2D eigenvalue weighted by Crippen LogP contribution is 2.31. The summed E-state index contributed by atoms with van der Waals surface area (Å²) in [6.45, 7) is 1.80. The number of hydrogen-bond acceptors (Lipinski definition) is 3. The minimum absolute atomic E-state index is 0.0132. The lowest BCUT2D eigenvalue weighted by molar-refractivity contribution is 0.0983. The SMILES string of the molecule is CCC(=O)c1ccc(Oc2ccc(Cl)cc2Br)cn1. The van der Waals surface area contributed by atoms with E-state index in [-0.39, 0.29) is 5.78 Å². The van der Waals surface area contributed by atoms with Crippen molar-refractivity contribution in [1.29, 1.82) is 0 Å². The second kappa shape index (κ2) is 6.17. The van der Waals surface area contributed by atoms with Crippen molar-refractivity contribution in [2.75, 3.05) is 0 Å². The highest BCUT2D eigenvalue weighted by Gasteiger charge is 2.07. The van der Waals surface area contributed by atoms with Crippen molar-refractivity contribution < 1.29 is 9.53 Å². The zero-order valence-electron chi connectivity index (χ0n) is 10.2. The summed E-state index contributed by atoms with van der Waals surface area (Å²) in [5, 5.41) is 0.626. The van der Waals surface area contributed by atoms with E-state index in [4.69, 9.17) is 16.3 Å². The molecule has 3 nitrogen and oxygen atoms in total. The van der Waals surface area contributed by atoms with Gasteiger partial charge in [-0.15, -0.1) is 0 Å². The summed E-state index contributed by atoms with van der Waals surface area (Å²) < 4.78 is 6.41. The van der Waals surface area contributed by atoms with E-state index in [1.807, 2.05) is 0 Å². The number of carbonyl (C=O) groups is 1. The normalized spacial score (nSPS) is 10.3. The average Bonchev–Trinajstić information content (AvgIpc) is 2.42. The molecule has 0 radical (unpaired) electrons. The first kappa shape index (κ1) is 14.0. The van der Waals surface area contributed by atoms with Gasteiger partial charge < -0.3 is 4.74 Å². The van der Waals surface area contributed by atoms with Crippen LogP contribution in [0.5, 0.6) is 11.5 Å². The lowest BCUT2D eigenvalue weighted by Gasteiger charge is -2.08. The van der Waals surface area contributed by atoms with Crippen molar-refractivity contribution in [3.63, 3.8) is 0 Å². The molecule has 2 rings (SSSR count). The molecule has 0 unspecified atom stereocenters. The third-order valence-corrected chi connectivity index (χ3v) is 3.32. The van der Waals surface area contributed by atoms with Crippen molar-refractivity contribution >= 4 is 33.3 Å². The Labute approximate surface area is 124 Å². The molecule has 98 valence electrons. The molecule has 0 atom stereocenters. The Kier molecular flexibility index (Phi) is 4.56. The van der Waals surface area contributed by atoms with Crippen LogP contribution in [0.25, 0.3) is 0 Å². The number of benzene rings is 1. The van der Waals surface area contributed by atoms with Crippen LogP contribution in [0, 0.1) is 0 Å². The van der Waals surface area contributed by atoms with E-state index in [2.05, 4.69) is 20.9 Å². The minimum Gasteiger partial charge on any atom is -0.455 e. The van der Waals surface area contributed by atoms with E-state index >= 15 is 0 Å². The maximum Gasteiger partial charge on any atom is 0.180 e. The summed E-state index contributed by atoms with van der Waals surface area (Å²) in [4.78, 5) is 15.5. The number of nitrogens with zero attached hydrogens (tertiary/aromatic N) is 1. The van der Waals surface area contributed by atoms with E-state index in [9.17, 15) is 4.79 Å². The molecule has 0 spiro atoms. The van der Waals surface area contributed by atoms with Gasteiger partial charge in [-0.05, 0) is 46.3 Å². The van der Waals surface area contributed by atoms with E-state index < -0.39 is 0 Å². The van der Waals surface area contributed by atoms with Crippen LogP contribution in [0.15, 0.2) is 41.0 Å². The second-order valence-corrected chi connectivity index (χ2v) is 5.12. The largest absolute Gasteiger partial charge is 0.455 e. The van der Waals surface area contributed by atoms with Crippen LogP contribution >= 0.6 is 27.5 Å². The average molecular weight is 341 g/mol. The number of Topliss-reactive ketones (excluding diaryl/α,β-unsaturated/α-hetero) is 1. The van der Waals surface area contributed by atoms with Crippen LogP contribution in [0.4, 0.5) is 0 Å². The standard InChI is InChI=1S/C14H11BrClNO2/c1-2-13(18)12-5-4-10(8-17-12)19-14-6-3-9(16)7-11(14)15/h3-8H,2H2,1H3. The second-order valence-electron chi connectivity index (χ2n) is 3.83. The van der Waals surface area contributed by atoms with Gasteiger partial charge in [-0.3, -0.25) is 4.79 Å². The molecule has 2 aromatic rings. The molecule has 1 aromatic carbocycles. The van der Waals surface area contributed by atoms with Gasteiger partial charge >= 0.3 is 0 Å². The number of carbonyl (C=O) groups excluding carboxylic acids is 1. The Bertz CT molecular complexity index is 599. The number of halogens is 2. The number of ketones is 1. The predicted molar refractivity (Wildman–Crippen MR) is 78.1 cm³/mol. The monoisotopic (exact) mass is 339 g/mol. The van der Waals surface area contributed by atoms with Crippen LogP contribution in [-0.4, -0.2) is 10.8 Å². The number of aromatic nitrogens is 1. The van der Waals surface area contributed by atoms with Gasteiger partial charge in [0.1, 0.15) is 17.2 Å². The van der Waals surface area contributed by atoms with E-state index in [0.717, 1.165) is 4.47 Å². The summed E-state index contributed by atoms with van der Waals surface area (Å²) in [5.41, 5.74) is 0.449. The third-order valence-electron chi connectivity index (χ3n) is 2.46. The molecule has 0 aliphatic heterocycles. The van der Waals surface area contributed by atoms with Gasteiger partial charge in [0.15, 0.2) is 5.78 Å². The summed E-state index contributed by atoms with van der Waals surface area (Å²) in [5.74, 6) is 1.22. The molecule has 0 N–H and O–H groups in total. The lowest BCUT2D eigenvalue weighted by Crippen LogP contribution is -1.99. The smallest absolute Gasteiger partial charge is 0.180 e. The molecule has 0 aliphatic carbocycles. The molecule has 0 amide bonds. The third kappa shape index (κ3) is 3.55. The molecule has 0 saturated carbocycles. The van der Waals surface area contributed by atoms with Crippen LogP contribution in [0.1, 0.15) is 23.8 Å². The molecular weight excluding hydrogens is 330 g/mol. The van der Waals surface area contributed by atoms with Gasteiger partial charge in [-0.25, -0.2) is 4.98 Å². The summed E-state index contributed by atoms with van der Waals surface area (Å²) in [6.07, 6.45) is 1.97. The van der Waals surface area contributed by atoms with Crippen molar-refractivity contribution in [2.45, 2.75) is 13.3 Å². The number of pyridine rings is 1. The number of rotatable bonds is 4. The molecule has 1 aromatic heterocycles. The van der Waals surface area contributed by atoms with Gasteiger partial charge in [0.2, 0.25) is 0 Å².